The third-order valence-electron chi connectivity index (χ3n) is 4.57. The molecular formula is C19H20O3. The van der Waals surface area contributed by atoms with Gasteiger partial charge in [-0.2, -0.15) is 0 Å². The number of carboxylic acid groups (broad SMARTS) is 1. The monoisotopic (exact) mass is 296 g/mol. The van der Waals surface area contributed by atoms with E-state index in [1.807, 2.05) is 24.3 Å². The summed E-state index contributed by atoms with van der Waals surface area (Å²) in [6, 6.07) is 16.4. The van der Waals surface area contributed by atoms with E-state index in [9.17, 15) is 9.90 Å². The van der Waals surface area contributed by atoms with Crippen molar-refractivity contribution < 1.29 is 15.0 Å². The standard InChI is InChI=1S/C19H20O3/c20-13-19(11-12-19)17-8-6-16(7-9-17)15-4-1-14(2-5-15)3-10-18(21)22/h1-2,4-9,20H,3,10-13H2,(H,21,22). The molecular weight excluding hydrogens is 276 g/mol. The highest BCUT2D eigenvalue weighted by molar-refractivity contribution is 5.67. The lowest BCUT2D eigenvalue weighted by molar-refractivity contribution is -0.136. The van der Waals surface area contributed by atoms with Gasteiger partial charge in [-0.15, -0.1) is 0 Å². The van der Waals surface area contributed by atoms with Gasteiger partial charge in [0.05, 0.1) is 6.61 Å². The number of hydrogen-bond acceptors (Lipinski definition) is 2. The predicted octanol–water partition coefficient (Wildman–Crippen LogP) is 3.39. The first kappa shape index (κ1) is 14.8. The molecule has 1 aliphatic carbocycles. The molecule has 1 fully saturated rings. The van der Waals surface area contributed by atoms with Crippen molar-refractivity contribution in [1.82, 2.24) is 0 Å². The molecule has 0 saturated heterocycles. The molecule has 3 nitrogen and oxygen atoms in total. The summed E-state index contributed by atoms with van der Waals surface area (Å²) in [5, 5.41) is 18.2. The zero-order valence-electron chi connectivity index (χ0n) is 12.5. The van der Waals surface area contributed by atoms with Crippen LogP contribution in [0.15, 0.2) is 48.5 Å². The van der Waals surface area contributed by atoms with E-state index in [0.717, 1.165) is 29.5 Å². The summed E-state index contributed by atoms with van der Waals surface area (Å²) in [5.74, 6) is -0.766. The Hall–Kier alpha value is -2.13. The Morgan fingerprint density at radius 1 is 0.955 bits per heavy atom. The number of aliphatic hydroxyl groups is 1. The van der Waals surface area contributed by atoms with Crippen LogP contribution in [-0.4, -0.2) is 22.8 Å². The van der Waals surface area contributed by atoms with Crippen molar-refractivity contribution in [3.8, 4) is 11.1 Å². The fourth-order valence-electron chi connectivity index (χ4n) is 2.82. The number of aliphatic hydroxyl groups excluding tert-OH is 1. The second-order valence-electron chi connectivity index (χ2n) is 6.11. The van der Waals surface area contributed by atoms with E-state index in [0.29, 0.717) is 6.42 Å². The molecule has 0 aromatic heterocycles. The molecule has 2 aromatic carbocycles. The summed E-state index contributed by atoms with van der Waals surface area (Å²) in [7, 11) is 0. The fourth-order valence-corrected chi connectivity index (χ4v) is 2.82. The lowest BCUT2D eigenvalue weighted by Gasteiger charge is -2.12. The van der Waals surface area contributed by atoms with Gasteiger partial charge in [0.15, 0.2) is 0 Å². The number of aryl methyl sites for hydroxylation is 1. The van der Waals surface area contributed by atoms with E-state index in [1.165, 1.54) is 5.56 Å². The third kappa shape index (κ3) is 3.04. The molecule has 3 heteroatoms. The minimum Gasteiger partial charge on any atom is -0.481 e. The minimum absolute atomic E-state index is 0.0131. The van der Waals surface area contributed by atoms with Crippen molar-refractivity contribution in [2.24, 2.45) is 0 Å². The highest BCUT2D eigenvalue weighted by atomic mass is 16.4. The lowest BCUT2D eigenvalue weighted by Crippen LogP contribution is -2.11. The fraction of sp³-hybridized carbons (Fsp3) is 0.316. The first-order valence-corrected chi connectivity index (χ1v) is 7.65. The average Bonchev–Trinajstić information content (AvgIpc) is 3.35. The Bertz CT molecular complexity index is 652. The minimum atomic E-state index is -0.766. The van der Waals surface area contributed by atoms with Crippen LogP contribution in [-0.2, 0) is 16.6 Å². The quantitative estimate of drug-likeness (QED) is 0.859. The summed E-state index contributed by atoms with van der Waals surface area (Å²) in [6.07, 6.45) is 2.87. The van der Waals surface area contributed by atoms with Gasteiger partial charge in [0.25, 0.3) is 0 Å². The normalized spacial score (nSPS) is 15.5. The van der Waals surface area contributed by atoms with E-state index >= 15 is 0 Å². The maximum atomic E-state index is 10.6. The smallest absolute Gasteiger partial charge is 0.303 e. The van der Waals surface area contributed by atoms with E-state index in [-0.39, 0.29) is 18.4 Å². The molecule has 1 saturated carbocycles. The Labute approximate surface area is 130 Å². The second-order valence-corrected chi connectivity index (χ2v) is 6.11. The molecule has 3 rings (SSSR count). The molecule has 114 valence electrons. The molecule has 0 radical (unpaired) electrons. The molecule has 0 spiro atoms. The van der Waals surface area contributed by atoms with Crippen LogP contribution < -0.4 is 0 Å². The first-order valence-electron chi connectivity index (χ1n) is 7.65. The van der Waals surface area contributed by atoms with Gasteiger partial charge >= 0.3 is 5.97 Å². The highest BCUT2D eigenvalue weighted by Gasteiger charge is 2.43. The summed E-state index contributed by atoms with van der Waals surface area (Å²) < 4.78 is 0. The predicted molar refractivity (Wildman–Crippen MR) is 85.8 cm³/mol. The third-order valence-corrected chi connectivity index (χ3v) is 4.57. The van der Waals surface area contributed by atoms with Gasteiger partial charge in [-0.25, -0.2) is 0 Å². The van der Waals surface area contributed by atoms with Gasteiger partial charge in [-0.05, 0) is 41.5 Å². The lowest BCUT2D eigenvalue weighted by atomic mass is 9.94. The van der Waals surface area contributed by atoms with Crippen molar-refractivity contribution in [3.63, 3.8) is 0 Å². The van der Waals surface area contributed by atoms with Crippen LogP contribution in [0.4, 0.5) is 0 Å². The Morgan fingerprint density at radius 3 is 1.95 bits per heavy atom. The number of rotatable bonds is 6. The number of benzene rings is 2. The summed E-state index contributed by atoms with van der Waals surface area (Å²) in [6.45, 7) is 0.227. The average molecular weight is 296 g/mol. The number of hydrogen-bond donors (Lipinski definition) is 2. The van der Waals surface area contributed by atoms with Crippen LogP contribution >= 0.6 is 0 Å². The zero-order valence-corrected chi connectivity index (χ0v) is 12.5. The molecule has 0 heterocycles. The molecule has 0 amide bonds. The van der Waals surface area contributed by atoms with E-state index in [2.05, 4.69) is 24.3 Å². The van der Waals surface area contributed by atoms with E-state index in [1.54, 1.807) is 0 Å². The maximum absolute atomic E-state index is 10.6. The van der Waals surface area contributed by atoms with Crippen LogP contribution in [0.25, 0.3) is 11.1 Å². The topological polar surface area (TPSA) is 57.5 Å². The number of aliphatic carboxylic acids is 1. The van der Waals surface area contributed by atoms with E-state index < -0.39 is 5.97 Å². The number of carboxylic acids is 1. The Kier molecular flexibility index (Phi) is 3.99. The van der Waals surface area contributed by atoms with Crippen LogP contribution in [0.1, 0.15) is 30.4 Å². The molecule has 2 aromatic rings. The van der Waals surface area contributed by atoms with Crippen LogP contribution in [0.5, 0.6) is 0 Å². The van der Waals surface area contributed by atoms with Crippen molar-refractivity contribution >= 4 is 5.97 Å². The zero-order chi connectivity index (χ0) is 15.6. The van der Waals surface area contributed by atoms with E-state index in [4.69, 9.17) is 5.11 Å². The maximum Gasteiger partial charge on any atom is 0.303 e. The van der Waals surface area contributed by atoms with Crippen molar-refractivity contribution in [1.29, 1.82) is 0 Å². The van der Waals surface area contributed by atoms with Gasteiger partial charge in [0, 0.05) is 11.8 Å². The molecule has 0 atom stereocenters. The summed E-state index contributed by atoms with van der Waals surface area (Å²) in [4.78, 5) is 10.6. The largest absolute Gasteiger partial charge is 0.481 e. The SMILES string of the molecule is O=C(O)CCc1ccc(-c2ccc(C3(CO)CC3)cc2)cc1. The highest BCUT2D eigenvalue weighted by Crippen LogP contribution is 2.47. The van der Waals surface area contributed by atoms with Crippen LogP contribution in [0, 0.1) is 0 Å². The van der Waals surface area contributed by atoms with Gasteiger partial charge in [0.2, 0.25) is 0 Å². The van der Waals surface area contributed by atoms with Crippen molar-refractivity contribution in [3.05, 3.63) is 59.7 Å². The summed E-state index contributed by atoms with van der Waals surface area (Å²) in [5.41, 5.74) is 4.54. The van der Waals surface area contributed by atoms with Crippen LogP contribution in [0.2, 0.25) is 0 Å². The van der Waals surface area contributed by atoms with Gasteiger partial charge < -0.3 is 10.2 Å². The first-order chi connectivity index (χ1) is 10.6. The van der Waals surface area contributed by atoms with Gasteiger partial charge in [0.1, 0.15) is 0 Å². The summed E-state index contributed by atoms with van der Waals surface area (Å²) >= 11 is 0. The van der Waals surface area contributed by atoms with Crippen molar-refractivity contribution in [2.45, 2.75) is 31.1 Å². The molecule has 0 unspecified atom stereocenters. The van der Waals surface area contributed by atoms with Crippen molar-refractivity contribution in [2.75, 3.05) is 6.61 Å². The van der Waals surface area contributed by atoms with Gasteiger partial charge in [-0.3, -0.25) is 4.79 Å². The molecule has 2 N–H and O–H groups in total. The molecule has 0 bridgehead atoms. The molecule has 22 heavy (non-hydrogen) atoms. The Balaban J connectivity index is 1.72. The van der Waals surface area contributed by atoms with Gasteiger partial charge in [-0.1, -0.05) is 48.5 Å². The molecule has 1 aliphatic rings. The molecule has 0 aliphatic heterocycles. The van der Waals surface area contributed by atoms with Crippen LogP contribution in [0.3, 0.4) is 0 Å². The second kappa shape index (κ2) is 5.93. The number of carbonyl (C=O) groups is 1. The Morgan fingerprint density at radius 2 is 1.50 bits per heavy atom.